The van der Waals surface area contributed by atoms with Crippen LogP contribution in [0.3, 0.4) is 0 Å². The van der Waals surface area contributed by atoms with Crippen molar-refractivity contribution in [2.45, 2.75) is 65.2 Å². The molecule has 1 aliphatic heterocycles. The molecule has 6 rings (SSSR count). The van der Waals surface area contributed by atoms with Gasteiger partial charge in [-0.25, -0.2) is 19.7 Å². The first kappa shape index (κ1) is 27.4. The number of aromatic nitrogens is 5. The molecule has 0 radical (unpaired) electrons. The number of ether oxygens (including phenoxy) is 2. The number of carbonyl (C=O) groups is 1. The standard InChI is InChI=1S/C31H32ClN5O4/c1-18-13-23(32)8-7-22(18)17-41-30-19(2)15-33-28(36-30)21-5-3-20(4-6-21)14-27-34-25-9-10-26(31(38)39)35-29(25)37(27)16-24-11-12-40-24/h5,7-10,13,15,20,24H,3-4,6,11-12,14,16-17H2,1-2H3,(H,38,39)/t20?,24-/m0/s1. The van der Waals surface area contributed by atoms with Crippen LogP contribution in [0.1, 0.15) is 64.5 Å². The first-order valence-corrected chi connectivity index (χ1v) is 14.3. The number of imidazole rings is 1. The van der Waals surface area contributed by atoms with Crippen molar-refractivity contribution in [1.82, 2.24) is 24.5 Å². The van der Waals surface area contributed by atoms with Crippen molar-refractivity contribution >= 4 is 34.3 Å². The summed E-state index contributed by atoms with van der Waals surface area (Å²) < 4.78 is 13.8. The maximum absolute atomic E-state index is 11.5. The number of carboxylic acid groups (broad SMARTS) is 1. The molecule has 41 heavy (non-hydrogen) atoms. The van der Waals surface area contributed by atoms with E-state index < -0.39 is 5.97 Å². The number of carboxylic acids is 1. The molecule has 1 saturated heterocycles. The van der Waals surface area contributed by atoms with E-state index in [2.05, 4.69) is 20.6 Å². The van der Waals surface area contributed by atoms with E-state index in [9.17, 15) is 9.90 Å². The van der Waals surface area contributed by atoms with Gasteiger partial charge in [0, 0.05) is 29.8 Å². The quantitative estimate of drug-likeness (QED) is 0.260. The highest BCUT2D eigenvalue weighted by Gasteiger charge is 2.26. The third-order valence-electron chi connectivity index (χ3n) is 7.94. The lowest BCUT2D eigenvalue weighted by atomic mass is 9.87. The molecule has 4 aromatic rings. The van der Waals surface area contributed by atoms with Crippen molar-refractivity contribution < 1.29 is 19.4 Å². The Labute approximate surface area is 243 Å². The van der Waals surface area contributed by atoms with Gasteiger partial charge < -0.3 is 19.1 Å². The highest BCUT2D eigenvalue weighted by molar-refractivity contribution is 6.30. The van der Waals surface area contributed by atoms with E-state index in [4.69, 9.17) is 31.0 Å². The smallest absolute Gasteiger partial charge is 0.354 e. The van der Waals surface area contributed by atoms with Gasteiger partial charge in [-0.15, -0.1) is 0 Å². The molecule has 1 fully saturated rings. The molecule has 10 heteroatoms. The van der Waals surface area contributed by atoms with E-state index in [-0.39, 0.29) is 11.8 Å². The maximum Gasteiger partial charge on any atom is 0.354 e. The molecule has 212 valence electrons. The molecule has 1 N–H and O–H groups in total. The summed E-state index contributed by atoms with van der Waals surface area (Å²) in [7, 11) is 0. The summed E-state index contributed by atoms with van der Waals surface area (Å²) >= 11 is 6.09. The summed E-state index contributed by atoms with van der Waals surface area (Å²) in [6.07, 6.45) is 8.63. The number of nitrogens with zero attached hydrogens (tertiary/aromatic N) is 5. The maximum atomic E-state index is 11.5. The Bertz CT molecular complexity index is 1650. The van der Waals surface area contributed by atoms with Gasteiger partial charge in [-0.05, 0) is 86.4 Å². The number of hydrogen-bond donors (Lipinski definition) is 1. The number of allylic oxidation sites excluding steroid dienone is 2. The minimum absolute atomic E-state index is 0.0229. The SMILES string of the molecule is Cc1cc(Cl)ccc1COc1nc(C2=CCC(Cc3nc4ccc(C(=O)O)nc4n3C[C@@H]3CCO3)CC2)ncc1C. The van der Waals surface area contributed by atoms with Crippen LogP contribution in [0.4, 0.5) is 0 Å². The number of hydrogen-bond acceptors (Lipinski definition) is 7. The number of aromatic carboxylic acids is 1. The van der Waals surface area contributed by atoms with Crippen LogP contribution in [-0.2, 0) is 24.3 Å². The van der Waals surface area contributed by atoms with Gasteiger partial charge in [0.1, 0.15) is 17.9 Å². The van der Waals surface area contributed by atoms with Crippen molar-refractivity contribution in [3.05, 3.63) is 81.7 Å². The predicted molar refractivity (Wildman–Crippen MR) is 155 cm³/mol. The van der Waals surface area contributed by atoms with Crippen LogP contribution in [0.2, 0.25) is 5.02 Å². The topological polar surface area (TPSA) is 112 Å². The van der Waals surface area contributed by atoms with Gasteiger partial charge in [-0.1, -0.05) is 23.7 Å². The summed E-state index contributed by atoms with van der Waals surface area (Å²) in [6, 6.07) is 9.04. The van der Waals surface area contributed by atoms with Crippen molar-refractivity contribution in [1.29, 1.82) is 0 Å². The second kappa shape index (κ2) is 11.6. The van der Waals surface area contributed by atoms with E-state index in [0.29, 0.717) is 47.0 Å². The lowest BCUT2D eigenvalue weighted by Gasteiger charge is -2.28. The van der Waals surface area contributed by atoms with E-state index >= 15 is 0 Å². The number of fused-ring (bicyclic) bond motifs is 1. The van der Waals surface area contributed by atoms with E-state index in [1.807, 2.05) is 38.2 Å². The van der Waals surface area contributed by atoms with Crippen LogP contribution in [0.5, 0.6) is 5.88 Å². The molecule has 0 bridgehead atoms. The summed E-state index contributed by atoms with van der Waals surface area (Å²) in [5, 5.41) is 10.2. The Kier molecular flexibility index (Phi) is 7.73. The number of halogens is 1. The third kappa shape index (κ3) is 5.96. The van der Waals surface area contributed by atoms with Crippen LogP contribution in [0.15, 0.2) is 42.6 Å². The molecule has 2 aliphatic rings. The zero-order valence-corrected chi connectivity index (χ0v) is 23.9. The second-order valence-corrected chi connectivity index (χ2v) is 11.3. The molecule has 0 saturated carbocycles. The normalized spacial score (nSPS) is 18.7. The highest BCUT2D eigenvalue weighted by atomic mass is 35.5. The van der Waals surface area contributed by atoms with Crippen molar-refractivity contribution in [2.24, 2.45) is 5.92 Å². The first-order valence-electron chi connectivity index (χ1n) is 14.0. The third-order valence-corrected chi connectivity index (χ3v) is 8.18. The van der Waals surface area contributed by atoms with Gasteiger partial charge >= 0.3 is 5.97 Å². The average molecular weight is 574 g/mol. The monoisotopic (exact) mass is 573 g/mol. The van der Waals surface area contributed by atoms with Crippen LogP contribution < -0.4 is 4.74 Å². The fourth-order valence-corrected chi connectivity index (χ4v) is 5.60. The number of rotatable bonds is 9. The lowest BCUT2D eigenvalue weighted by Crippen LogP contribution is -2.32. The number of aryl methyl sites for hydroxylation is 2. The Hall–Kier alpha value is -3.82. The summed E-state index contributed by atoms with van der Waals surface area (Å²) in [5.74, 6) is 1.57. The Morgan fingerprint density at radius 1 is 1.15 bits per heavy atom. The molecule has 0 amide bonds. The zero-order chi connectivity index (χ0) is 28.5. The predicted octanol–water partition coefficient (Wildman–Crippen LogP) is 5.98. The first-order chi connectivity index (χ1) is 19.8. The molecule has 1 aromatic carbocycles. The minimum Gasteiger partial charge on any atom is -0.477 e. The van der Waals surface area contributed by atoms with Crippen molar-refractivity contribution in [3.8, 4) is 5.88 Å². The average Bonchev–Trinajstić information content (AvgIpc) is 3.27. The van der Waals surface area contributed by atoms with Crippen LogP contribution in [0, 0.1) is 19.8 Å². The molecular weight excluding hydrogens is 542 g/mol. The number of benzene rings is 1. The van der Waals surface area contributed by atoms with Crippen LogP contribution >= 0.6 is 11.6 Å². The molecule has 4 heterocycles. The molecule has 1 unspecified atom stereocenters. The molecule has 0 spiro atoms. The van der Waals surface area contributed by atoms with Gasteiger partial charge in [-0.2, -0.15) is 4.98 Å². The Morgan fingerprint density at radius 2 is 2.00 bits per heavy atom. The zero-order valence-electron chi connectivity index (χ0n) is 23.1. The van der Waals surface area contributed by atoms with E-state index in [1.54, 1.807) is 6.07 Å². The van der Waals surface area contributed by atoms with E-state index in [1.165, 1.54) is 6.07 Å². The molecular formula is C31H32ClN5O4. The van der Waals surface area contributed by atoms with Gasteiger partial charge in [-0.3, -0.25) is 0 Å². The largest absolute Gasteiger partial charge is 0.477 e. The molecule has 1 aliphatic carbocycles. The summed E-state index contributed by atoms with van der Waals surface area (Å²) in [6.45, 7) is 5.77. The van der Waals surface area contributed by atoms with Gasteiger partial charge in [0.05, 0.1) is 12.6 Å². The van der Waals surface area contributed by atoms with Gasteiger partial charge in [0.25, 0.3) is 0 Å². The van der Waals surface area contributed by atoms with E-state index in [0.717, 1.165) is 66.8 Å². The highest BCUT2D eigenvalue weighted by Crippen LogP contribution is 2.33. The number of pyridine rings is 1. The second-order valence-electron chi connectivity index (χ2n) is 10.9. The Morgan fingerprint density at radius 3 is 2.71 bits per heavy atom. The molecule has 2 atom stereocenters. The molecule has 3 aromatic heterocycles. The fraction of sp³-hybridized carbons (Fsp3) is 0.387. The molecule has 9 nitrogen and oxygen atoms in total. The summed E-state index contributed by atoms with van der Waals surface area (Å²) in [4.78, 5) is 30.2. The minimum atomic E-state index is -1.04. The van der Waals surface area contributed by atoms with Crippen LogP contribution in [-0.4, -0.2) is 48.3 Å². The lowest BCUT2D eigenvalue weighted by molar-refractivity contribution is -0.0591. The van der Waals surface area contributed by atoms with Gasteiger partial charge in [0.15, 0.2) is 17.2 Å². The fourth-order valence-electron chi connectivity index (χ4n) is 5.38. The van der Waals surface area contributed by atoms with Crippen LogP contribution in [0.25, 0.3) is 16.7 Å². The van der Waals surface area contributed by atoms with Crippen molar-refractivity contribution in [2.75, 3.05) is 6.61 Å². The Balaban J connectivity index is 1.17. The summed E-state index contributed by atoms with van der Waals surface area (Å²) in [5.41, 5.74) is 5.51. The van der Waals surface area contributed by atoms with Crippen molar-refractivity contribution in [3.63, 3.8) is 0 Å². The van der Waals surface area contributed by atoms with Gasteiger partial charge in [0.2, 0.25) is 5.88 Å².